The van der Waals surface area contributed by atoms with Gasteiger partial charge in [0.25, 0.3) is 0 Å². The number of fused-ring (bicyclic) bond motifs is 8. The van der Waals surface area contributed by atoms with Crippen molar-refractivity contribution in [3.05, 3.63) is 51.0 Å². The number of aliphatic hydroxyl groups is 2. The third kappa shape index (κ3) is 2.70. The number of carbonyl (C=O) groups excluding carboxylic acids is 1. The normalized spacial score (nSPS) is 35.3. The number of hydrogen-bond acceptors (Lipinski definition) is 9. The quantitative estimate of drug-likeness (QED) is 0.631. The van der Waals surface area contributed by atoms with Gasteiger partial charge in [-0.2, -0.15) is 5.26 Å². The van der Waals surface area contributed by atoms with Gasteiger partial charge in [-0.1, -0.05) is 6.07 Å². The second-order valence-electron chi connectivity index (χ2n) is 10.6. The number of nitrogens with zero attached hydrogens (tertiary/aromatic N) is 3. The van der Waals surface area contributed by atoms with Crippen LogP contribution in [0, 0.1) is 25.2 Å². The number of nitriles is 1. The van der Waals surface area contributed by atoms with Crippen LogP contribution in [0.4, 0.5) is 0 Å². The Hall–Kier alpha value is -2.90. The molecule has 9 nitrogen and oxygen atoms in total. The van der Waals surface area contributed by atoms with Crippen LogP contribution >= 0.6 is 0 Å². The predicted octanol–water partition coefficient (Wildman–Crippen LogP) is 1.40. The Bertz CT molecular complexity index is 1300. The van der Waals surface area contributed by atoms with E-state index < -0.39 is 29.5 Å². The van der Waals surface area contributed by atoms with Gasteiger partial charge in [0, 0.05) is 29.7 Å². The van der Waals surface area contributed by atoms with Crippen LogP contribution in [0.5, 0.6) is 5.75 Å². The zero-order valence-electron chi connectivity index (χ0n) is 21.2. The number of ketones is 1. The van der Waals surface area contributed by atoms with Crippen molar-refractivity contribution >= 4 is 5.78 Å². The molecule has 0 spiro atoms. The van der Waals surface area contributed by atoms with Gasteiger partial charge < -0.3 is 24.4 Å². The summed E-state index contributed by atoms with van der Waals surface area (Å²) in [6, 6.07) is 2.57. The number of Topliss-reactive ketones (excluding diaryl/α,β-unsaturated/α-hetero) is 1. The lowest BCUT2D eigenvalue weighted by Gasteiger charge is -2.62. The van der Waals surface area contributed by atoms with Crippen molar-refractivity contribution in [2.24, 2.45) is 0 Å². The van der Waals surface area contributed by atoms with E-state index in [9.17, 15) is 20.3 Å². The highest BCUT2D eigenvalue weighted by molar-refractivity contribution is 6.06. The summed E-state index contributed by atoms with van der Waals surface area (Å²) in [5.41, 5.74) is 3.10. The topological polar surface area (TPSA) is 115 Å². The second kappa shape index (κ2) is 7.80. The maximum Gasteiger partial charge on any atom is 0.231 e. The molecule has 4 aliphatic heterocycles. The maximum atomic E-state index is 13.6. The van der Waals surface area contributed by atoms with Crippen LogP contribution in [0.15, 0.2) is 28.7 Å². The first-order valence-corrected chi connectivity index (χ1v) is 12.3. The smallest absolute Gasteiger partial charge is 0.231 e. The Balaban J connectivity index is 1.60. The number of benzene rings is 1. The van der Waals surface area contributed by atoms with E-state index in [-0.39, 0.29) is 31.9 Å². The van der Waals surface area contributed by atoms with Crippen LogP contribution in [0.3, 0.4) is 0 Å². The van der Waals surface area contributed by atoms with E-state index in [0.29, 0.717) is 29.1 Å². The van der Waals surface area contributed by atoms with Gasteiger partial charge in [0.05, 0.1) is 31.9 Å². The minimum atomic E-state index is -1.86. The van der Waals surface area contributed by atoms with Gasteiger partial charge in [0.2, 0.25) is 6.79 Å². The highest BCUT2D eigenvalue weighted by atomic mass is 16.7. The molecule has 2 unspecified atom stereocenters. The molecule has 0 saturated carbocycles. The zero-order chi connectivity index (χ0) is 25.7. The minimum absolute atomic E-state index is 0.0577. The average Bonchev–Trinajstić information content (AvgIpc) is 3.33. The van der Waals surface area contributed by atoms with Crippen molar-refractivity contribution in [1.82, 2.24) is 9.80 Å². The standard InChI is InChI=1S/C27H31N3O6/c1-12-6-15-7-16-18(9-28)30-17(22(29(16)4)20(15)13(2)23(12)34-5)8-27(33)21(19(30)10-31)25-24(35-11-36-25)14(3)26(27)32/h6,16-19,22,31,33H,7-8,10-11H2,1-5H3/t16-,17?,18-,19-,22-,27?/m0/s1. The Labute approximate surface area is 210 Å². The first kappa shape index (κ1) is 23.5. The van der Waals surface area contributed by atoms with Crippen molar-refractivity contribution in [3.8, 4) is 11.8 Å². The molecule has 0 radical (unpaired) electrons. The lowest BCUT2D eigenvalue weighted by molar-refractivity contribution is -0.150. The van der Waals surface area contributed by atoms with Crippen molar-refractivity contribution in [1.29, 1.82) is 5.26 Å². The summed E-state index contributed by atoms with van der Waals surface area (Å²) in [5, 5.41) is 33.2. The van der Waals surface area contributed by atoms with E-state index in [1.807, 2.05) is 25.8 Å². The fourth-order valence-electron chi connectivity index (χ4n) is 7.65. The first-order valence-electron chi connectivity index (χ1n) is 12.3. The molecule has 3 saturated heterocycles. The largest absolute Gasteiger partial charge is 0.496 e. The highest BCUT2D eigenvalue weighted by Gasteiger charge is 2.64. The molecule has 6 rings (SSSR count). The summed E-state index contributed by atoms with van der Waals surface area (Å²) in [7, 11) is 3.67. The van der Waals surface area contributed by atoms with Crippen LogP contribution in [0.2, 0.25) is 0 Å². The molecule has 3 fully saturated rings. The summed E-state index contributed by atoms with van der Waals surface area (Å²) in [5.74, 6) is 1.02. The van der Waals surface area contributed by atoms with Crippen molar-refractivity contribution < 1.29 is 29.2 Å². The molecular weight excluding hydrogens is 462 g/mol. The van der Waals surface area contributed by atoms with E-state index in [0.717, 1.165) is 28.0 Å². The van der Waals surface area contributed by atoms with E-state index in [1.54, 1.807) is 14.0 Å². The number of piperazine rings is 1. The molecule has 190 valence electrons. The van der Waals surface area contributed by atoms with Crippen molar-refractivity contribution in [3.63, 3.8) is 0 Å². The molecule has 0 aromatic heterocycles. The number of hydrogen-bond donors (Lipinski definition) is 2. The number of ether oxygens (including phenoxy) is 3. The molecular formula is C27H31N3O6. The maximum absolute atomic E-state index is 13.6. The van der Waals surface area contributed by atoms with Gasteiger partial charge in [-0.25, -0.2) is 0 Å². The van der Waals surface area contributed by atoms with Gasteiger partial charge >= 0.3 is 0 Å². The third-order valence-electron chi connectivity index (χ3n) is 9.03. The molecule has 5 aliphatic rings. The molecule has 6 atom stereocenters. The van der Waals surface area contributed by atoms with Gasteiger partial charge in [-0.05, 0) is 56.5 Å². The second-order valence-corrected chi connectivity index (χ2v) is 10.6. The van der Waals surface area contributed by atoms with Gasteiger partial charge in [-0.3, -0.25) is 14.6 Å². The lowest BCUT2D eigenvalue weighted by atomic mass is 9.64. The van der Waals surface area contributed by atoms with Crippen LogP contribution < -0.4 is 4.74 Å². The highest BCUT2D eigenvalue weighted by Crippen LogP contribution is 2.55. The number of rotatable bonds is 2. The number of methoxy groups -OCH3 is 1. The van der Waals surface area contributed by atoms with Crippen LogP contribution in [-0.2, 0) is 20.7 Å². The number of piperidine rings is 1. The van der Waals surface area contributed by atoms with E-state index in [1.165, 1.54) is 0 Å². The molecule has 0 amide bonds. The molecule has 1 aromatic carbocycles. The summed E-state index contributed by atoms with van der Waals surface area (Å²) in [6.07, 6.45) is 0.747. The summed E-state index contributed by atoms with van der Waals surface area (Å²) < 4.78 is 17.1. The number of aliphatic hydroxyl groups excluding tert-OH is 1. The van der Waals surface area contributed by atoms with E-state index in [2.05, 4.69) is 17.0 Å². The molecule has 2 bridgehead atoms. The van der Waals surface area contributed by atoms with Crippen molar-refractivity contribution in [2.45, 2.75) is 69.4 Å². The van der Waals surface area contributed by atoms with Crippen LogP contribution in [0.25, 0.3) is 0 Å². The SMILES string of the molecule is COc1c(C)cc2c(c1C)[C@@H]1C3CC4(O)C(=O)C(C)=C5OCOC5=C4[C@H](CO)N3[C@@H](C#N)[C@H](C2)N1C. The fraction of sp³-hybridized carbons (Fsp3) is 0.556. The fourth-order valence-corrected chi connectivity index (χ4v) is 7.65. The Morgan fingerprint density at radius 2 is 1.97 bits per heavy atom. The zero-order valence-corrected chi connectivity index (χ0v) is 21.2. The van der Waals surface area contributed by atoms with Gasteiger partial charge in [0.1, 0.15) is 11.8 Å². The average molecular weight is 494 g/mol. The van der Waals surface area contributed by atoms with Gasteiger partial charge in [0.15, 0.2) is 22.9 Å². The third-order valence-corrected chi connectivity index (χ3v) is 9.03. The predicted molar refractivity (Wildman–Crippen MR) is 128 cm³/mol. The summed E-state index contributed by atoms with van der Waals surface area (Å²) in [6.45, 7) is 5.27. The molecule has 9 heteroatoms. The number of aryl methyl sites for hydroxylation is 1. The molecule has 2 N–H and O–H groups in total. The first-order chi connectivity index (χ1) is 17.2. The lowest BCUT2D eigenvalue weighted by Crippen LogP contribution is -2.74. The van der Waals surface area contributed by atoms with E-state index >= 15 is 0 Å². The number of likely N-dealkylation sites (N-methyl/N-ethyl adjacent to an activating group) is 1. The summed E-state index contributed by atoms with van der Waals surface area (Å²) in [4.78, 5) is 17.9. The Morgan fingerprint density at radius 3 is 2.64 bits per heavy atom. The Morgan fingerprint density at radius 1 is 1.25 bits per heavy atom. The monoisotopic (exact) mass is 493 g/mol. The van der Waals surface area contributed by atoms with E-state index in [4.69, 9.17) is 14.2 Å². The molecule has 4 heterocycles. The Kier molecular flexibility index (Phi) is 5.09. The summed E-state index contributed by atoms with van der Waals surface area (Å²) >= 11 is 0. The molecule has 1 aliphatic carbocycles. The molecule has 1 aromatic rings. The number of carbonyl (C=O) groups is 1. The van der Waals surface area contributed by atoms with Crippen molar-refractivity contribution in [2.75, 3.05) is 27.6 Å². The van der Waals surface area contributed by atoms with Crippen LogP contribution in [0.1, 0.15) is 41.6 Å². The van der Waals surface area contributed by atoms with Gasteiger partial charge in [-0.15, -0.1) is 0 Å². The molecule has 36 heavy (non-hydrogen) atoms. The minimum Gasteiger partial charge on any atom is -0.496 e. The van der Waals surface area contributed by atoms with Crippen LogP contribution in [-0.4, -0.2) is 83.1 Å².